The number of aliphatic hydroxyl groups excluding tert-OH is 1. The van der Waals surface area contributed by atoms with Gasteiger partial charge in [-0.15, -0.1) is 0 Å². The predicted molar refractivity (Wildman–Crippen MR) is 127 cm³/mol. The molecule has 2 fully saturated rings. The molecule has 3 atom stereocenters. The van der Waals surface area contributed by atoms with Crippen LogP contribution in [0.15, 0.2) is 34.7 Å². The minimum absolute atomic E-state index is 0.0112. The second-order valence-corrected chi connectivity index (χ2v) is 9.56. The molecule has 3 aromatic rings. The number of nitrogens with one attached hydrogen (secondary N) is 2. The van der Waals surface area contributed by atoms with Gasteiger partial charge >= 0.3 is 6.03 Å². The number of methoxy groups -OCH3 is 1. The summed E-state index contributed by atoms with van der Waals surface area (Å²) in [6.45, 7) is 1.81. The SMILES string of the molecule is COc1ccc2c(c1F)C(=O)N(CC1(c3cc4nc(N5C(=O)CCC5C)ccc4o3)NC(=O)NC1O)C2. The number of hydrogen-bond acceptors (Lipinski definition) is 7. The van der Waals surface area contributed by atoms with E-state index in [1.165, 1.54) is 18.1 Å². The van der Waals surface area contributed by atoms with Gasteiger partial charge in [0.05, 0.1) is 19.2 Å². The number of aliphatic hydroxyl groups is 1. The maximum Gasteiger partial charge on any atom is 0.317 e. The number of benzene rings is 1. The maximum atomic E-state index is 14.9. The molecule has 3 unspecified atom stereocenters. The molecule has 12 heteroatoms. The highest BCUT2D eigenvalue weighted by molar-refractivity contribution is 5.99. The zero-order chi connectivity index (χ0) is 26.1. The minimum atomic E-state index is -1.58. The lowest BCUT2D eigenvalue weighted by Crippen LogP contribution is -2.54. The third kappa shape index (κ3) is 3.43. The van der Waals surface area contributed by atoms with Gasteiger partial charge in [-0.3, -0.25) is 14.5 Å². The first kappa shape index (κ1) is 23.2. The van der Waals surface area contributed by atoms with Crippen molar-refractivity contribution in [3.05, 3.63) is 53.0 Å². The van der Waals surface area contributed by atoms with Gasteiger partial charge in [0.2, 0.25) is 5.91 Å². The van der Waals surface area contributed by atoms with Crippen molar-refractivity contribution in [3.8, 4) is 5.75 Å². The summed E-state index contributed by atoms with van der Waals surface area (Å²) in [5, 5.41) is 16.0. The number of rotatable bonds is 5. The zero-order valence-electron chi connectivity index (χ0n) is 20.1. The van der Waals surface area contributed by atoms with Crippen molar-refractivity contribution >= 4 is 34.8 Å². The summed E-state index contributed by atoms with van der Waals surface area (Å²) in [5.41, 5.74) is -0.434. The molecule has 192 valence electrons. The van der Waals surface area contributed by atoms with Crippen LogP contribution >= 0.6 is 0 Å². The summed E-state index contributed by atoms with van der Waals surface area (Å²) in [7, 11) is 1.31. The summed E-state index contributed by atoms with van der Waals surface area (Å²) in [4.78, 5) is 45.4. The number of halogens is 1. The number of aromatic nitrogens is 1. The number of urea groups is 1. The summed E-state index contributed by atoms with van der Waals surface area (Å²) in [5.74, 6) is -0.796. The highest BCUT2D eigenvalue weighted by Gasteiger charge is 2.53. The molecule has 2 aromatic heterocycles. The van der Waals surface area contributed by atoms with Crippen LogP contribution in [0, 0.1) is 5.82 Å². The molecule has 3 aliphatic rings. The average Bonchev–Trinajstić information content (AvgIpc) is 3.59. The summed E-state index contributed by atoms with van der Waals surface area (Å²) in [6, 6.07) is 7.33. The number of fused-ring (bicyclic) bond motifs is 2. The Morgan fingerprint density at radius 3 is 2.76 bits per heavy atom. The number of nitrogens with zero attached hydrogens (tertiary/aromatic N) is 3. The summed E-state index contributed by atoms with van der Waals surface area (Å²) >= 11 is 0. The van der Waals surface area contributed by atoms with Gasteiger partial charge in [-0.05, 0) is 37.1 Å². The fraction of sp³-hybridized carbons (Fsp3) is 0.360. The van der Waals surface area contributed by atoms with Crippen LogP contribution in [0.3, 0.4) is 0 Å². The molecule has 2 saturated heterocycles. The number of furan rings is 1. The predicted octanol–water partition coefficient (Wildman–Crippen LogP) is 1.97. The molecule has 0 spiro atoms. The quantitative estimate of drug-likeness (QED) is 0.478. The standard InChI is InChI=1S/C25H24FN5O6/c1-12-3-8-19(32)31(12)18-7-6-15-14(27-18)9-17(37-15)25(23(34)28-24(35)29-25)11-30-10-13-4-5-16(36-2)21(26)20(13)22(30)33/h4-7,9,12,23,34H,3,8,10-11H2,1-2H3,(H2,28,29,35). The molecule has 37 heavy (non-hydrogen) atoms. The lowest BCUT2D eigenvalue weighted by Gasteiger charge is -2.33. The van der Waals surface area contributed by atoms with Crippen molar-refractivity contribution < 1.29 is 33.0 Å². The number of amides is 4. The fourth-order valence-corrected chi connectivity index (χ4v) is 5.39. The Morgan fingerprint density at radius 2 is 2.08 bits per heavy atom. The number of ether oxygens (including phenoxy) is 1. The molecule has 3 aliphatic heterocycles. The van der Waals surface area contributed by atoms with E-state index in [9.17, 15) is 23.9 Å². The van der Waals surface area contributed by atoms with E-state index in [0.29, 0.717) is 28.9 Å². The van der Waals surface area contributed by atoms with E-state index in [1.807, 2.05) is 6.92 Å². The molecular weight excluding hydrogens is 485 g/mol. The van der Waals surface area contributed by atoms with Crippen LogP contribution in [0.5, 0.6) is 5.75 Å². The van der Waals surface area contributed by atoms with E-state index >= 15 is 0 Å². The van der Waals surface area contributed by atoms with E-state index in [2.05, 4.69) is 15.6 Å². The van der Waals surface area contributed by atoms with Gasteiger partial charge in [-0.1, -0.05) is 6.07 Å². The minimum Gasteiger partial charge on any atom is -0.494 e. The van der Waals surface area contributed by atoms with Crippen LogP contribution in [-0.4, -0.2) is 58.8 Å². The largest absolute Gasteiger partial charge is 0.494 e. The second kappa shape index (κ2) is 8.17. The first-order valence-electron chi connectivity index (χ1n) is 11.9. The summed E-state index contributed by atoms with van der Waals surface area (Å²) in [6.07, 6.45) is -0.277. The van der Waals surface area contributed by atoms with Crippen LogP contribution in [0.4, 0.5) is 15.0 Å². The van der Waals surface area contributed by atoms with Gasteiger partial charge in [0.1, 0.15) is 17.1 Å². The monoisotopic (exact) mass is 509 g/mol. The lowest BCUT2D eigenvalue weighted by molar-refractivity contribution is -0.117. The topological polar surface area (TPSA) is 137 Å². The van der Waals surface area contributed by atoms with Gasteiger partial charge < -0.3 is 29.8 Å². The lowest BCUT2D eigenvalue weighted by atomic mass is 9.94. The number of anilines is 1. The van der Waals surface area contributed by atoms with Crippen molar-refractivity contribution in [1.29, 1.82) is 0 Å². The molecule has 0 bridgehead atoms. The van der Waals surface area contributed by atoms with Gasteiger partial charge in [0.25, 0.3) is 5.91 Å². The molecule has 5 heterocycles. The highest BCUT2D eigenvalue weighted by Crippen LogP contribution is 2.38. The Kier molecular flexibility index (Phi) is 5.13. The molecule has 6 rings (SSSR count). The van der Waals surface area contributed by atoms with E-state index in [4.69, 9.17) is 9.15 Å². The fourth-order valence-electron chi connectivity index (χ4n) is 5.39. The van der Waals surface area contributed by atoms with Gasteiger partial charge in [-0.2, -0.15) is 0 Å². The van der Waals surface area contributed by atoms with Crippen LogP contribution in [0.25, 0.3) is 11.1 Å². The van der Waals surface area contributed by atoms with Crippen LogP contribution in [0.1, 0.15) is 41.4 Å². The van der Waals surface area contributed by atoms with E-state index in [0.717, 1.165) is 6.42 Å². The van der Waals surface area contributed by atoms with Crippen molar-refractivity contribution in [2.24, 2.45) is 0 Å². The second-order valence-electron chi connectivity index (χ2n) is 9.56. The Bertz CT molecular complexity index is 1470. The molecule has 4 amide bonds. The summed E-state index contributed by atoms with van der Waals surface area (Å²) < 4.78 is 25.9. The number of carbonyl (C=O) groups excluding carboxylic acids is 3. The highest BCUT2D eigenvalue weighted by atomic mass is 19.1. The van der Waals surface area contributed by atoms with Crippen LogP contribution < -0.4 is 20.3 Å². The number of pyridine rings is 1. The molecule has 11 nitrogen and oxygen atoms in total. The normalized spacial score (nSPS) is 25.1. The van der Waals surface area contributed by atoms with Crippen LogP contribution in [0.2, 0.25) is 0 Å². The third-order valence-electron chi connectivity index (χ3n) is 7.32. The zero-order valence-corrected chi connectivity index (χ0v) is 20.1. The van der Waals surface area contributed by atoms with E-state index < -0.39 is 29.5 Å². The van der Waals surface area contributed by atoms with Gasteiger partial charge in [0, 0.05) is 25.1 Å². The van der Waals surface area contributed by atoms with Crippen LogP contribution in [-0.2, 0) is 16.9 Å². The maximum absolute atomic E-state index is 14.9. The molecular formula is C25H24FN5O6. The van der Waals surface area contributed by atoms with Crippen molar-refractivity contribution in [2.75, 3.05) is 18.6 Å². The van der Waals surface area contributed by atoms with Crippen molar-refractivity contribution in [1.82, 2.24) is 20.5 Å². The first-order chi connectivity index (χ1) is 17.7. The van der Waals surface area contributed by atoms with Crippen molar-refractivity contribution in [3.63, 3.8) is 0 Å². The van der Waals surface area contributed by atoms with E-state index in [1.54, 1.807) is 29.2 Å². The smallest absolute Gasteiger partial charge is 0.317 e. The Morgan fingerprint density at radius 1 is 1.27 bits per heavy atom. The Balaban J connectivity index is 1.37. The van der Waals surface area contributed by atoms with E-state index in [-0.39, 0.29) is 42.1 Å². The number of carbonyl (C=O) groups is 3. The molecule has 3 N–H and O–H groups in total. The Hall–Kier alpha value is -4.19. The van der Waals surface area contributed by atoms with Gasteiger partial charge in [-0.25, -0.2) is 14.2 Å². The third-order valence-corrected chi connectivity index (χ3v) is 7.32. The average molecular weight is 509 g/mol. The Labute approximate surface area is 210 Å². The molecule has 0 radical (unpaired) electrons. The molecule has 0 aliphatic carbocycles. The first-order valence-corrected chi connectivity index (χ1v) is 11.9. The number of hydrogen-bond donors (Lipinski definition) is 3. The van der Waals surface area contributed by atoms with Gasteiger partial charge in [0.15, 0.2) is 28.9 Å². The molecule has 1 aromatic carbocycles. The van der Waals surface area contributed by atoms with Crippen molar-refractivity contribution in [2.45, 2.75) is 44.1 Å². The molecule has 0 saturated carbocycles.